The number of likely N-dealkylation sites (N-methyl/N-ethyl adjacent to an activating group) is 1. The first-order valence-electron chi connectivity index (χ1n) is 8.42. The normalized spacial score (nSPS) is 14.8. The van der Waals surface area contributed by atoms with Crippen molar-refractivity contribution in [3.8, 4) is 0 Å². The second-order valence-electron chi connectivity index (χ2n) is 6.49. The fraction of sp³-hybridized carbons (Fsp3) is 0.190. The molecule has 0 saturated carbocycles. The molecule has 2 aromatic carbocycles. The largest absolute Gasteiger partial charge is 0.302 e. The van der Waals surface area contributed by atoms with E-state index < -0.39 is 0 Å². The van der Waals surface area contributed by atoms with E-state index in [1.165, 1.54) is 5.57 Å². The Morgan fingerprint density at radius 3 is 2.58 bits per heavy atom. The maximum atomic E-state index is 13.0. The number of hydrogen-bond donors (Lipinski definition) is 0. The predicted octanol–water partition coefficient (Wildman–Crippen LogP) is 5.12. The van der Waals surface area contributed by atoms with Gasteiger partial charge in [0.2, 0.25) is 0 Å². The highest BCUT2D eigenvalue weighted by atomic mass is 35.5. The number of fused-ring (bicyclic) bond motifs is 1. The fourth-order valence-corrected chi connectivity index (χ4v) is 3.53. The number of rotatable bonds is 2. The lowest BCUT2D eigenvalue weighted by Gasteiger charge is -2.21. The van der Waals surface area contributed by atoms with E-state index in [-0.39, 0.29) is 18.3 Å². The Morgan fingerprint density at radius 2 is 1.88 bits per heavy atom. The maximum Gasteiger partial charge on any atom is 0.262 e. The van der Waals surface area contributed by atoms with E-state index in [9.17, 15) is 4.79 Å². The van der Waals surface area contributed by atoms with Crippen LogP contribution in [0.3, 0.4) is 0 Å². The molecular weight excluding hydrogens is 367 g/mol. The smallest absolute Gasteiger partial charge is 0.262 e. The summed E-state index contributed by atoms with van der Waals surface area (Å²) >= 11 is 6.24. The quantitative estimate of drug-likeness (QED) is 0.610. The summed E-state index contributed by atoms with van der Waals surface area (Å²) in [6.45, 7) is 1.95. The van der Waals surface area contributed by atoms with E-state index >= 15 is 0 Å². The third-order valence-electron chi connectivity index (χ3n) is 4.76. The molecule has 26 heavy (non-hydrogen) atoms. The van der Waals surface area contributed by atoms with Gasteiger partial charge in [-0.25, -0.2) is 0 Å². The van der Waals surface area contributed by atoms with Gasteiger partial charge < -0.3 is 4.90 Å². The van der Waals surface area contributed by atoms with E-state index in [4.69, 9.17) is 11.6 Å². The number of aromatic nitrogens is 1. The first-order valence-corrected chi connectivity index (χ1v) is 8.79. The minimum Gasteiger partial charge on any atom is -0.302 e. The lowest BCUT2D eigenvalue weighted by Crippen LogP contribution is -2.23. The van der Waals surface area contributed by atoms with E-state index in [1.807, 2.05) is 54.7 Å². The van der Waals surface area contributed by atoms with Crippen molar-refractivity contribution in [3.05, 3.63) is 77.0 Å². The number of halogens is 2. The van der Waals surface area contributed by atoms with Crippen LogP contribution in [0.25, 0.3) is 16.5 Å². The maximum absolute atomic E-state index is 13.0. The lowest BCUT2D eigenvalue weighted by molar-refractivity contribution is 0.0965. The Hall–Kier alpha value is -2.07. The van der Waals surface area contributed by atoms with Gasteiger partial charge in [0.1, 0.15) is 0 Å². The van der Waals surface area contributed by atoms with Crippen LogP contribution in [0.5, 0.6) is 0 Å². The lowest BCUT2D eigenvalue weighted by atomic mass is 9.99. The third kappa shape index (κ3) is 3.43. The van der Waals surface area contributed by atoms with Gasteiger partial charge in [-0.15, -0.1) is 12.4 Å². The van der Waals surface area contributed by atoms with Gasteiger partial charge in [-0.3, -0.25) is 9.36 Å². The summed E-state index contributed by atoms with van der Waals surface area (Å²) in [7, 11) is 2.12. The van der Waals surface area contributed by atoms with Gasteiger partial charge in [-0.2, -0.15) is 0 Å². The van der Waals surface area contributed by atoms with Crippen LogP contribution in [0.4, 0.5) is 0 Å². The Labute approximate surface area is 164 Å². The molecule has 3 nitrogen and oxygen atoms in total. The summed E-state index contributed by atoms with van der Waals surface area (Å²) in [5, 5.41) is 1.72. The zero-order chi connectivity index (χ0) is 17.4. The number of nitrogens with zero attached hydrogens (tertiary/aromatic N) is 2. The molecule has 0 atom stereocenters. The van der Waals surface area contributed by atoms with Gasteiger partial charge >= 0.3 is 0 Å². The first kappa shape index (κ1) is 18.7. The predicted molar refractivity (Wildman–Crippen MR) is 110 cm³/mol. The molecule has 1 aliphatic heterocycles. The summed E-state index contributed by atoms with van der Waals surface area (Å²) < 4.78 is 1.75. The van der Waals surface area contributed by atoms with Crippen molar-refractivity contribution in [2.45, 2.75) is 6.42 Å². The van der Waals surface area contributed by atoms with E-state index in [0.717, 1.165) is 36.0 Å². The molecule has 0 amide bonds. The average Bonchev–Trinajstić information content (AvgIpc) is 3.01. The summed E-state index contributed by atoms with van der Waals surface area (Å²) in [4.78, 5) is 15.3. The zero-order valence-corrected chi connectivity index (χ0v) is 16.1. The highest BCUT2D eigenvalue weighted by Crippen LogP contribution is 2.33. The molecule has 3 aromatic rings. The van der Waals surface area contributed by atoms with Crippen molar-refractivity contribution in [3.63, 3.8) is 0 Å². The molecule has 0 fully saturated rings. The third-order valence-corrected chi connectivity index (χ3v) is 5.00. The first-order chi connectivity index (χ1) is 12.1. The van der Waals surface area contributed by atoms with Crippen LogP contribution < -0.4 is 0 Å². The van der Waals surface area contributed by atoms with Gasteiger partial charge in [0.25, 0.3) is 5.91 Å². The minimum atomic E-state index is -0.0206. The molecule has 1 aromatic heterocycles. The van der Waals surface area contributed by atoms with Crippen molar-refractivity contribution in [2.75, 3.05) is 20.1 Å². The summed E-state index contributed by atoms with van der Waals surface area (Å²) in [6.07, 6.45) is 5.19. The standard InChI is InChI=1S/C21H19ClN2O.ClH/c1-23-11-9-15(10-12-23)19-14-24(20-8-7-17(22)13-18(19)20)21(25)16-5-3-2-4-6-16;/h2-9,13-14H,10-12H2,1H3;1H. The summed E-state index contributed by atoms with van der Waals surface area (Å²) in [5.74, 6) is -0.0206. The molecule has 0 aliphatic carbocycles. The molecule has 0 bridgehead atoms. The number of benzene rings is 2. The molecule has 1 aliphatic rings. The van der Waals surface area contributed by atoms with Gasteiger partial charge in [0.05, 0.1) is 5.52 Å². The summed E-state index contributed by atoms with van der Waals surface area (Å²) in [6, 6.07) is 15.1. The molecule has 0 saturated heterocycles. The van der Waals surface area contributed by atoms with Crippen molar-refractivity contribution < 1.29 is 4.79 Å². The number of carbonyl (C=O) groups is 1. The van der Waals surface area contributed by atoms with E-state index in [1.54, 1.807) is 4.57 Å². The van der Waals surface area contributed by atoms with Crippen molar-refractivity contribution in [1.82, 2.24) is 9.47 Å². The van der Waals surface area contributed by atoms with E-state index in [0.29, 0.717) is 10.6 Å². The molecule has 4 rings (SSSR count). The molecule has 0 N–H and O–H groups in total. The Morgan fingerprint density at radius 1 is 1.12 bits per heavy atom. The van der Waals surface area contributed by atoms with Crippen molar-refractivity contribution in [2.24, 2.45) is 0 Å². The van der Waals surface area contributed by atoms with Crippen LogP contribution in [0, 0.1) is 0 Å². The molecule has 5 heteroatoms. The number of carbonyl (C=O) groups excluding carboxylic acids is 1. The van der Waals surface area contributed by atoms with Crippen LogP contribution in [-0.2, 0) is 0 Å². The van der Waals surface area contributed by atoms with Crippen molar-refractivity contribution in [1.29, 1.82) is 0 Å². The molecule has 2 heterocycles. The topological polar surface area (TPSA) is 25.2 Å². The Bertz CT molecular complexity index is 976. The van der Waals surface area contributed by atoms with Crippen LogP contribution in [0.1, 0.15) is 22.3 Å². The number of hydrogen-bond acceptors (Lipinski definition) is 2. The molecule has 0 radical (unpaired) electrons. The summed E-state index contributed by atoms with van der Waals surface area (Å²) in [5.41, 5.74) is 3.96. The highest BCUT2D eigenvalue weighted by molar-refractivity contribution is 6.31. The van der Waals surface area contributed by atoms with Gasteiger partial charge in [0, 0.05) is 40.8 Å². The molecule has 0 spiro atoms. The zero-order valence-electron chi connectivity index (χ0n) is 14.5. The Kier molecular flexibility index (Phi) is 5.52. The van der Waals surface area contributed by atoms with E-state index in [2.05, 4.69) is 18.0 Å². The van der Waals surface area contributed by atoms with Crippen molar-refractivity contribution >= 4 is 46.4 Å². The van der Waals surface area contributed by atoms with Gasteiger partial charge in [-0.05, 0) is 49.4 Å². The van der Waals surface area contributed by atoms with Gasteiger partial charge in [-0.1, -0.05) is 35.9 Å². The van der Waals surface area contributed by atoms with Gasteiger partial charge in [0.15, 0.2) is 0 Å². The second-order valence-corrected chi connectivity index (χ2v) is 6.92. The van der Waals surface area contributed by atoms with Crippen LogP contribution in [0.15, 0.2) is 60.8 Å². The minimum absolute atomic E-state index is 0. The second kappa shape index (κ2) is 7.67. The van der Waals surface area contributed by atoms with Crippen LogP contribution in [0.2, 0.25) is 5.02 Å². The van der Waals surface area contributed by atoms with Crippen LogP contribution in [-0.4, -0.2) is 35.5 Å². The fourth-order valence-electron chi connectivity index (χ4n) is 3.36. The molecular formula is C21H20Cl2N2O. The SMILES string of the molecule is CN1CC=C(c2cn(C(=O)c3ccccc3)c3ccc(Cl)cc23)CC1.Cl. The average molecular weight is 387 g/mol. The highest BCUT2D eigenvalue weighted by Gasteiger charge is 2.19. The Balaban J connectivity index is 0.00000196. The molecule has 0 unspecified atom stereocenters. The molecule has 134 valence electrons. The monoisotopic (exact) mass is 386 g/mol. The van der Waals surface area contributed by atoms with Crippen LogP contribution >= 0.6 is 24.0 Å².